The van der Waals surface area contributed by atoms with Crippen molar-refractivity contribution in [3.8, 4) is 11.5 Å². The summed E-state index contributed by atoms with van der Waals surface area (Å²) >= 11 is 5.92. The quantitative estimate of drug-likeness (QED) is 0.461. The van der Waals surface area contributed by atoms with Gasteiger partial charge in [0, 0.05) is 10.6 Å². The maximum absolute atomic E-state index is 13.7. The first-order chi connectivity index (χ1) is 15.6. The van der Waals surface area contributed by atoms with Gasteiger partial charge in [-0.25, -0.2) is 4.79 Å². The molecule has 158 valence electrons. The molecule has 5 rings (SSSR count). The molecule has 1 saturated heterocycles. The van der Waals surface area contributed by atoms with Crippen molar-refractivity contribution in [2.45, 2.75) is 12.1 Å². The molecule has 0 atom stereocenters. The van der Waals surface area contributed by atoms with Gasteiger partial charge < -0.3 is 9.73 Å². The molecular formula is C24H17ClN4O3. The van der Waals surface area contributed by atoms with E-state index in [-0.39, 0.29) is 18.3 Å². The molecule has 0 spiro atoms. The molecule has 3 aromatic carbocycles. The molecule has 4 aromatic rings. The van der Waals surface area contributed by atoms with Gasteiger partial charge in [-0.05, 0) is 35.4 Å². The van der Waals surface area contributed by atoms with E-state index >= 15 is 0 Å². The van der Waals surface area contributed by atoms with Crippen LogP contribution in [0, 0.1) is 0 Å². The van der Waals surface area contributed by atoms with Crippen LogP contribution in [0.25, 0.3) is 11.5 Å². The van der Waals surface area contributed by atoms with E-state index in [4.69, 9.17) is 16.0 Å². The number of urea groups is 1. The van der Waals surface area contributed by atoms with Crippen molar-refractivity contribution in [1.29, 1.82) is 0 Å². The number of halogens is 1. The van der Waals surface area contributed by atoms with Gasteiger partial charge in [-0.1, -0.05) is 72.3 Å². The van der Waals surface area contributed by atoms with E-state index in [1.165, 1.54) is 0 Å². The van der Waals surface area contributed by atoms with Crippen LogP contribution < -0.4 is 5.32 Å². The lowest BCUT2D eigenvalue weighted by molar-refractivity contribution is -0.130. The van der Waals surface area contributed by atoms with Crippen molar-refractivity contribution < 1.29 is 14.0 Å². The van der Waals surface area contributed by atoms with Crippen LogP contribution in [0.1, 0.15) is 17.0 Å². The minimum atomic E-state index is -1.33. The summed E-state index contributed by atoms with van der Waals surface area (Å²) in [5, 5.41) is 11.5. The molecule has 1 aliphatic heterocycles. The van der Waals surface area contributed by atoms with E-state index in [1.54, 1.807) is 24.3 Å². The second kappa shape index (κ2) is 7.94. The summed E-state index contributed by atoms with van der Waals surface area (Å²) in [5.41, 5.74) is 0.686. The molecule has 0 unspecified atom stereocenters. The first-order valence-electron chi connectivity index (χ1n) is 9.91. The standard InChI is InChI=1S/C24H17ClN4O3/c25-19-13-11-16(12-14-19)21-28-27-20(32-21)15-29-22(30)24(26-23(29)31,17-7-3-1-4-8-17)18-9-5-2-6-10-18/h1-14H,15H2,(H,26,31). The second-order valence-corrected chi connectivity index (χ2v) is 7.75. The highest BCUT2D eigenvalue weighted by atomic mass is 35.5. The first kappa shape index (κ1) is 20.0. The molecule has 8 heteroatoms. The third-order valence-corrected chi connectivity index (χ3v) is 5.62. The van der Waals surface area contributed by atoms with Crippen molar-refractivity contribution in [3.05, 3.63) is 107 Å². The number of rotatable bonds is 5. The van der Waals surface area contributed by atoms with Crippen LogP contribution in [0.15, 0.2) is 89.3 Å². The van der Waals surface area contributed by atoms with Crippen molar-refractivity contribution in [1.82, 2.24) is 20.4 Å². The van der Waals surface area contributed by atoms with Gasteiger partial charge in [0.2, 0.25) is 11.8 Å². The maximum atomic E-state index is 13.7. The smallest absolute Gasteiger partial charge is 0.326 e. The Morgan fingerprint density at radius 1 is 0.844 bits per heavy atom. The third-order valence-electron chi connectivity index (χ3n) is 5.37. The summed E-state index contributed by atoms with van der Waals surface area (Å²) < 4.78 is 5.71. The van der Waals surface area contributed by atoms with E-state index in [2.05, 4.69) is 15.5 Å². The summed E-state index contributed by atoms with van der Waals surface area (Å²) in [6.07, 6.45) is 0. The van der Waals surface area contributed by atoms with Gasteiger partial charge in [0.25, 0.3) is 5.91 Å². The average Bonchev–Trinajstić information content (AvgIpc) is 3.40. The minimum Gasteiger partial charge on any atom is -0.419 e. The van der Waals surface area contributed by atoms with Crippen LogP contribution in [0.5, 0.6) is 0 Å². The van der Waals surface area contributed by atoms with Crippen LogP contribution in [0.2, 0.25) is 5.02 Å². The Labute approximate surface area is 188 Å². The zero-order chi connectivity index (χ0) is 22.1. The molecule has 1 fully saturated rings. The van der Waals surface area contributed by atoms with Crippen molar-refractivity contribution in [2.75, 3.05) is 0 Å². The van der Waals surface area contributed by atoms with Crippen LogP contribution >= 0.6 is 11.6 Å². The zero-order valence-electron chi connectivity index (χ0n) is 16.7. The van der Waals surface area contributed by atoms with E-state index in [0.717, 1.165) is 4.90 Å². The number of nitrogens with one attached hydrogen (secondary N) is 1. The van der Waals surface area contributed by atoms with Crippen LogP contribution in [-0.4, -0.2) is 27.0 Å². The summed E-state index contributed by atoms with van der Waals surface area (Å²) in [6, 6.07) is 24.7. The molecular weight excluding hydrogens is 428 g/mol. The van der Waals surface area contributed by atoms with Crippen LogP contribution in [-0.2, 0) is 16.9 Å². The number of imide groups is 1. The van der Waals surface area contributed by atoms with Crippen molar-refractivity contribution >= 4 is 23.5 Å². The number of carbonyl (C=O) groups is 2. The van der Waals surface area contributed by atoms with Gasteiger partial charge in [-0.15, -0.1) is 10.2 Å². The number of aromatic nitrogens is 2. The van der Waals surface area contributed by atoms with E-state index < -0.39 is 17.5 Å². The lowest BCUT2D eigenvalue weighted by atomic mass is 9.82. The molecule has 3 amide bonds. The number of carbonyl (C=O) groups excluding carboxylic acids is 2. The number of nitrogens with zero attached hydrogens (tertiary/aromatic N) is 3. The van der Waals surface area contributed by atoms with E-state index in [1.807, 2.05) is 60.7 Å². The SMILES string of the molecule is O=C1NC(c2ccccc2)(c2ccccc2)C(=O)N1Cc1nnc(-c2ccc(Cl)cc2)o1. The Hall–Kier alpha value is -3.97. The Kier molecular flexibility index (Phi) is 4.95. The highest BCUT2D eigenvalue weighted by Gasteiger charge is 2.53. The molecule has 0 bridgehead atoms. The van der Waals surface area contributed by atoms with Gasteiger partial charge in [-0.2, -0.15) is 0 Å². The predicted molar refractivity (Wildman–Crippen MR) is 117 cm³/mol. The fourth-order valence-electron chi connectivity index (χ4n) is 3.82. The molecule has 32 heavy (non-hydrogen) atoms. The Bertz CT molecular complexity index is 1230. The highest BCUT2D eigenvalue weighted by Crippen LogP contribution is 2.36. The van der Waals surface area contributed by atoms with Gasteiger partial charge in [0.05, 0.1) is 0 Å². The average molecular weight is 445 g/mol. The van der Waals surface area contributed by atoms with E-state index in [0.29, 0.717) is 21.7 Å². The zero-order valence-corrected chi connectivity index (χ0v) is 17.5. The largest absolute Gasteiger partial charge is 0.419 e. The first-order valence-corrected chi connectivity index (χ1v) is 10.3. The molecule has 2 heterocycles. The van der Waals surface area contributed by atoms with Crippen LogP contribution in [0.4, 0.5) is 4.79 Å². The summed E-state index contributed by atoms with van der Waals surface area (Å²) in [7, 11) is 0. The summed E-state index contributed by atoms with van der Waals surface area (Å²) in [4.78, 5) is 27.7. The summed E-state index contributed by atoms with van der Waals surface area (Å²) in [5.74, 6) is 0.0163. The summed E-state index contributed by atoms with van der Waals surface area (Å²) in [6.45, 7) is -0.146. The molecule has 0 saturated carbocycles. The number of hydrogen-bond donors (Lipinski definition) is 1. The van der Waals surface area contributed by atoms with E-state index in [9.17, 15) is 9.59 Å². The Balaban J connectivity index is 1.48. The molecule has 0 radical (unpaired) electrons. The fraction of sp³-hybridized carbons (Fsp3) is 0.0833. The topological polar surface area (TPSA) is 88.3 Å². The molecule has 1 aliphatic rings. The number of amides is 3. The molecule has 1 aromatic heterocycles. The third kappa shape index (κ3) is 3.33. The molecule has 7 nitrogen and oxygen atoms in total. The molecule has 1 N–H and O–H groups in total. The lowest BCUT2D eigenvalue weighted by Crippen LogP contribution is -2.45. The monoisotopic (exact) mass is 444 g/mol. The van der Waals surface area contributed by atoms with Crippen molar-refractivity contribution in [3.63, 3.8) is 0 Å². The van der Waals surface area contributed by atoms with Gasteiger partial charge in [-0.3, -0.25) is 9.69 Å². The van der Waals surface area contributed by atoms with Gasteiger partial charge >= 0.3 is 6.03 Å². The minimum absolute atomic E-state index is 0.146. The normalized spacial score (nSPS) is 15.1. The number of hydrogen-bond acceptors (Lipinski definition) is 5. The fourth-order valence-corrected chi connectivity index (χ4v) is 3.94. The number of benzene rings is 3. The van der Waals surface area contributed by atoms with Gasteiger partial charge in [0.1, 0.15) is 6.54 Å². The highest BCUT2D eigenvalue weighted by molar-refractivity contribution is 6.30. The lowest BCUT2D eigenvalue weighted by Gasteiger charge is -2.27. The predicted octanol–water partition coefficient (Wildman–Crippen LogP) is 4.39. The van der Waals surface area contributed by atoms with Gasteiger partial charge in [0.15, 0.2) is 5.54 Å². The Morgan fingerprint density at radius 2 is 1.44 bits per heavy atom. The Morgan fingerprint density at radius 3 is 2.03 bits per heavy atom. The molecule has 0 aliphatic carbocycles. The maximum Gasteiger partial charge on any atom is 0.326 e. The van der Waals surface area contributed by atoms with Crippen molar-refractivity contribution in [2.24, 2.45) is 0 Å². The second-order valence-electron chi connectivity index (χ2n) is 7.31. The van der Waals surface area contributed by atoms with Crippen LogP contribution in [0.3, 0.4) is 0 Å².